The van der Waals surface area contributed by atoms with Crippen LogP contribution in [0.4, 0.5) is 0 Å². The van der Waals surface area contributed by atoms with Gasteiger partial charge in [-0.3, -0.25) is 0 Å². The summed E-state index contributed by atoms with van der Waals surface area (Å²) in [5.41, 5.74) is 1.02. The summed E-state index contributed by atoms with van der Waals surface area (Å²) < 4.78 is 0. The Kier molecular flexibility index (Phi) is 2.48. The second-order valence-corrected chi connectivity index (χ2v) is 8.10. The van der Waals surface area contributed by atoms with Gasteiger partial charge in [-0.25, -0.2) is 0 Å². The van der Waals surface area contributed by atoms with Gasteiger partial charge in [-0.05, 0) is 53.8 Å². The van der Waals surface area contributed by atoms with Crippen LogP contribution in [-0.2, 0) is 0 Å². The number of hydrogen-bond acceptors (Lipinski definition) is 0. The molecule has 2 saturated carbocycles. The fourth-order valence-corrected chi connectivity index (χ4v) is 4.13. The van der Waals surface area contributed by atoms with Gasteiger partial charge < -0.3 is 0 Å². The van der Waals surface area contributed by atoms with Gasteiger partial charge in [0.25, 0.3) is 0 Å². The van der Waals surface area contributed by atoms with Gasteiger partial charge in [0.2, 0.25) is 0 Å². The third-order valence-electron chi connectivity index (χ3n) is 4.83. The first-order valence-electron chi connectivity index (χ1n) is 6.71. The molecule has 0 radical (unpaired) electrons. The van der Waals surface area contributed by atoms with Gasteiger partial charge in [-0.1, -0.05) is 41.5 Å². The molecule has 2 aliphatic rings. The highest BCUT2D eigenvalue weighted by Gasteiger charge is 2.55. The van der Waals surface area contributed by atoms with Gasteiger partial charge in [0, 0.05) is 0 Å². The molecule has 0 heterocycles. The molecule has 2 fully saturated rings. The lowest BCUT2D eigenvalue weighted by Crippen LogP contribution is -2.39. The lowest BCUT2D eigenvalue weighted by atomic mass is 9.59. The molecule has 0 spiro atoms. The Labute approximate surface area is 95.8 Å². The average molecular weight is 208 g/mol. The highest BCUT2D eigenvalue weighted by Crippen LogP contribution is 2.62. The molecule has 0 aromatic carbocycles. The van der Waals surface area contributed by atoms with Crippen LogP contribution in [0.3, 0.4) is 0 Å². The fraction of sp³-hybridized carbons (Fsp3) is 1.00. The first kappa shape index (κ1) is 11.5. The maximum atomic E-state index is 2.46. The number of fused-ring (bicyclic) bond motifs is 1. The summed E-state index contributed by atoms with van der Waals surface area (Å²) in [6.45, 7) is 14.7. The first-order chi connectivity index (χ1) is 6.71. The van der Waals surface area contributed by atoms with Gasteiger partial charge in [0.1, 0.15) is 0 Å². The number of hydrogen-bond donors (Lipinski definition) is 0. The van der Waals surface area contributed by atoms with E-state index in [-0.39, 0.29) is 0 Å². The Morgan fingerprint density at radius 1 is 0.800 bits per heavy atom. The maximum Gasteiger partial charge on any atom is -0.0301 e. The molecule has 2 rings (SSSR count). The Morgan fingerprint density at radius 2 is 1.40 bits per heavy atom. The minimum absolute atomic E-state index is 0.505. The van der Waals surface area contributed by atoms with Gasteiger partial charge in [-0.2, -0.15) is 0 Å². The van der Waals surface area contributed by atoms with Gasteiger partial charge >= 0.3 is 0 Å². The molecule has 0 nitrogen and oxygen atoms in total. The average Bonchev–Trinajstić information content (AvgIpc) is 2.75. The van der Waals surface area contributed by atoms with Crippen LogP contribution < -0.4 is 0 Å². The molecule has 88 valence electrons. The van der Waals surface area contributed by atoms with Crippen molar-refractivity contribution in [1.82, 2.24) is 0 Å². The van der Waals surface area contributed by atoms with E-state index in [9.17, 15) is 0 Å². The van der Waals surface area contributed by atoms with Crippen molar-refractivity contribution in [3.05, 3.63) is 0 Å². The molecular weight excluding hydrogens is 180 g/mol. The van der Waals surface area contributed by atoms with E-state index in [4.69, 9.17) is 0 Å². The predicted octanol–water partition coefficient (Wildman–Crippen LogP) is 4.74. The monoisotopic (exact) mass is 208 g/mol. The molecule has 0 aromatic heterocycles. The third-order valence-corrected chi connectivity index (χ3v) is 4.83. The molecule has 0 saturated heterocycles. The quantitative estimate of drug-likeness (QED) is 0.539. The second kappa shape index (κ2) is 3.25. The van der Waals surface area contributed by atoms with Crippen molar-refractivity contribution >= 4 is 0 Å². The van der Waals surface area contributed by atoms with Crippen LogP contribution in [0.15, 0.2) is 0 Å². The second-order valence-electron chi connectivity index (χ2n) is 8.10. The maximum absolute atomic E-state index is 2.46. The van der Waals surface area contributed by atoms with E-state index in [1.807, 2.05) is 0 Å². The Hall–Kier alpha value is 0. The molecule has 0 amide bonds. The van der Waals surface area contributed by atoms with Crippen molar-refractivity contribution in [2.45, 2.75) is 60.8 Å². The van der Waals surface area contributed by atoms with E-state index in [0.29, 0.717) is 10.8 Å². The van der Waals surface area contributed by atoms with Crippen molar-refractivity contribution < 1.29 is 0 Å². The molecule has 0 heteroatoms. The fourth-order valence-electron chi connectivity index (χ4n) is 4.13. The molecule has 0 aliphatic heterocycles. The van der Waals surface area contributed by atoms with E-state index in [2.05, 4.69) is 41.5 Å². The molecule has 0 bridgehead atoms. The van der Waals surface area contributed by atoms with E-state index < -0.39 is 0 Å². The zero-order chi connectivity index (χ0) is 11.4. The Morgan fingerprint density at radius 3 is 1.87 bits per heavy atom. The van der Waals surface area contributed by atoms with Crippen molar-refractivity contribution in [3.63, 3.8) is 0 Å². The van der Waals surface area contributed by atoms with Crippen molar-refractivity contribution in [3.8, 4) is 0 Å². The van der Waals surface area contributed by atoms with Crippen LogP contribution in [0.25, 0.3) is 0 Å². The molecule has 2 aliphatic carbocycles. The van der Waals surface area contributed by atoms with Crippen molar-refractivity contribution in [1.29, 1.82) is 0 Å². The lowest BCUT2D eigenvalue weighted by molar-refractivity contribution is 0.0232. The van der Waals surface area contributed by atoms with Crippen molar-refractivity contribution in [2.24, 2.45) is 34.5 Å². The molecule has 0 aromatic rings. The highest BCUT2D eigenvalue weighted by atomic mass is 14.6. The molecule has 15 heavy (non-hydrogen) atoms. The van der Waals surface area contributed by atoms with Gasteiger partial charge in [-0.15, -0.1) is 0 Å². The zero-order valence-electron chi connectivity index (χ0n) is 11.4. The number of rotatable bonds is 0. The summed E-state index contributed by atoms with van der Waals surface area (Å²) in [5.74, 6) is 4.09. The molecular formula is C15H28. The van der Waals surface area contributed by atoms with Crippen LogP contribution in [0.5, 0.6) is 0 Å². The van der Waals surface area contributed by atoms with Crippen LogP contribution in [0.1, 0.15) is 60.8 Å². The topological polar surface area (TPSA) is 0 Å². The normalized spacial score (nSPS) is 41.2. The Balaban J connectivity index is 2.21. The first-order valence-corrected chi connectivity index (χ1v) is 6.71. The van der Waals surface area contributed by atoms with Crippen LogP contribution >= 0.6 is 0 Å². The Bertz CT molecular complexity index is 238. The standard InChI is InChI=1S/C15H28/c1-14(2,3)12-8-7-10-9-11(10)13(12)15(4,5)6/h10-13H,7-9H2,1-6H3/t10?,11?,12-,13+/m0/s1. The van der Waals surface area contributed by atoms with Crippen LogP contribution in [0, 0.1) is 34.5 Å². The zero-order valence-corrected chi connectivity index (χ0v) is 11.4. The predicted molar refractivity (Wildman–Crippen MR) is 66.7 cm³/mol. The summed E-state index contributed by atoms with van der Waals surface area (Å²) >= 11 is 0. The van der Waals surface area contributed by atoms with Crippen LogP contribution in [-0.4, -0.2) is 0 Å². The highest BCUT2D eigenvalue weighted by molar-refractivity contribution is 5.04. The van der Waals surface area contributed by atoms with E-state index in [0.717, 1.165) is 23.7 Å². The SMILES string of the molecule is CC(C)(C)[C@@H]1C2CC2CC[C@@H]1C(C)(C)C. The van der Waals surface area contributed by atoms with E-state index >= 15 is 0 Å². The van der Waals surface area contributed by atoms with E-state index in [1.54, 1.807) is 0 Å². The molecule has 0 N–H and O–H groups in total. The molecule has 2 unspecified atom stereocenters. The summed E-state index contributed by atoms with van der Waals surface area (Å²) in [5, 5.41) is 0. The summed E-state index contributed by atoms with van der Waals surface area (Å²) in [4.78, 5) is 0. The van der Waals surface area contributed by atoms with Crippen LogP contribution in [0.2, 0.25) is 0 Å². The van der Waals surface area contributed by atoms with Gasteiger partial charge in [0.15, 0.2) is 0 Å². The van der Waals surface area contributed by atoms with E-state index in [1.165, 1.54) is 19.3 Å². The lowest BCUT2D eigenvalue weighted by Gasteiger charge is -2.46. The smallest absolute Gasteiger partial charge is 0.0301 e. The third kappa shape index (κ3) is 2.10. The summed E-state index contributed by atoms with van der Waals surface area (Å²) in [6, 6.07) is 0. The summed E-state index contributed by atoms with van der Waals surface area (Å²) in [7, 11) is 0. The largest absolute Gasteiger partial charge is 0.0599 e. The van der Waals surface area contributed by atoms with Gasteiger partial charge in [0.05, 0.1) is 0 Å². The molecule has 4 atom stereocenters. The van der Waals surface area contributed by atoms with Crippen molar-refractivity contribution in [2.75, 3.05) is 0 Å². The summed E-state index contributed by atoms with van der Waals surface area (Å²) in [6.07, 6.45) is 4.53. The minimum Gasteiger partial charge on any atom is -0.0599 e. The minimum atomic E-state index is 0.505.